The average Bonchev–Trinajstić information content (AvgIpc) is 2.42. The SMILES string of the molecule is Cc1cc(C(=O)NC(C)C2CCCNC2)ccc1F.Cl. The van der Waals surface area contributed by atoms with E-state index < -0.39 is 0 Å². The van der Waals surface area contributed by atoms with Gasteiger partial charge in [-0.2, -0.15) is 0 Å². The maximum absolute atomic E-state index is 13.2. The van der Waals surface area contributed by atoms with Gasteiger partial charge < -0.3 is 10.6 Å². The molecule has 1 saturated heterocycles. The van der Waals surface area contributed by atoms with Crippen LogP contribution >= 0.6 is 12.4 Å². The van der Waals surface area contributed by atoms with Crippen LogP contribution < -0.4 is 10.6 Å². The van der Waals surface area contributed by atoms with E-state index in [0.29, 0.717) is 17.0 Å². The molecule has 2 N–H and O–H groups in total. The molecule has 20 heavy (non-hydrogen) atoms. The molecule has 1 aromatic rings. The van der Waals surface area contributed by atoms with Crippen LogP contribution in [0.4, 0.5) is 4.39 Å². The summed E-state index contributed by atoms with van der Waals surface area (Å²) in [4.78, 5) is 12.1. The third kappa shape index (κ3) is 4.18. The largest absolute Gasteiger partial charge is 0.349 e. The molecule has 3 nitrogen and oxygen atoms in total. The van der Waals surface area contributed by atoms with Crippen molar-refractivity contribution in [1.29, 1.82) is 0 Å². The maximum atomic E-state index is 13.2. The van der Waals surface area contributed by atoms with Crippen molar-refractivity contribution in [2.75, 3.05) is 13.1 Å². The number of carbonyl (C=O) groups excluding carboxylic acids is 1. The van der Waals surface area contributed by atoms with Crippen molar-refractivity contribution in [3.05, 3.63) is 35.1 Å². The summed E-state index contributed by atoms with van der Waals surface area (Å²) < 4.78 is 13.2. The second kappa shape index (κ2) is 7.60. The molecule has 0 aromatic heterocycles. The Morgan fingerprint density at radius 2 is 2.25 bits per heavy atom. The van der Waals surface area contributed by atoms with Crippen molar-refractivity contribution in [3.8, 4) is 0 Å². The van der Waals surface area contributed by atoms with Gasteiger partial charge in [0, 0.05) is 11.6 Å². The molecule has 1 heterocycles. The lowest BCUT2D eigenvalue weighted by atomic mass is 9.92. The minimum Gasteiger partial charge on any atom is -0.349 e. The van der Waals surface area contributed by atoms with Gasteiger partial charge in [0.15, 0.2) is 0 Å². The summed E-state index contributed by atoms with van der Waals surface area (Å²) in [5.41, 5.74) is 1.02. The lowest BCUT2D eigenvalue weighted by molar-refractivity contribution is 0.0922. The normalized spacial score (nSPS) is 19.9. The standard InChI is InChI=1S/C15H21FN2O.ClH/c1-10-8-12(5-6-14(10)16)15(19)18-11(2)13-4-3-7-17-9-13;/h5-6,8,11,13,17H,3-4,7,9H2,1-2H3,(H,18,19);1H. The van der Waals surface area contributed by atoms with Gasteiger partial charge in [-0.3, -0.25) is 4.79 Å². The second-order valence-electron chi connectivity index (χ2n) is 5.33. The Balaban J connectivity index is 0.00000200. The minimum atomic E-state index is -0.277. The van der Waals surface area contributed by atoms with E-state index in [0.717, 1.165) is 25.9 Å². The van der Waals surface area contributed by atoms with Crippen LogP contribution in [0.5, 0.6) is 0 Å². The van der Waals surface area contributed by atoms with Crippen LogP contribution in [-0.4, -0.2) is 25.0 Å². The number of hydrogen-bond donors (Lipinski definition) is 2. The van der Waals surface area contributed by atoms with Gasteiger partial charge in [-0.05, 0) is 69.5 Å². The highest BCUT2D eigenvalue weighted by Crippen LogP contribution is 2.15. The quantitative estimate of drug-likeness (QED) is 0.901. The van der Waals surface area contributed by atoms with E-state index in [4.69, 9.17) is 0 Å². The summed E-state index contributed by atoms with van der Waals surface area (Å²) in [7, 11) is 0. The molecule has 2 unspecified atom stereocenters. The topological polar surface area (TPSA) is 41.1 Å². The Kier molecular flexibility index (Phi) is 6.43. The first-order chi connectivity index (χ1) is 9.08. The molecule has 2 atom stereocenters. The Morgan fingerprint density at radius 1 is 1.50 bits per heavy atom. The smallest absolute Gasteiger partial charge is 0.251 e. The number of carbonyl (C=O) groups is 1. The third-order valence-corrected chi connectivity index (χ3v) is 3.82. The lowest BCUT2D eigenvalue weighted by Crippen LogP contribution is -2.44. The first-order valence-electron chi connectivity index (χ1n) is 6.85. The molecule has 0 bridgehead atoms. The third-order valence-electron chi connectivity index (χ3n) is 3.82. The predicted molar refractivity (Wildman–Crippen MR) is 80.9 cm³/mol. The Bertz CT molecular complexity index is 461. The second-order valence-corrected chi connectivity index (χ2v) is 5.33. The maximum Gasteiger partial charge on any atom is 0.251 e. The zero-order valence-corrected chi connectivity index (χ0v) is 12.7. The number of halogens is 2. The highest BCUT2D eigenvalue weighted by molar-refractivity contribution is 5.94. The summed E-state index contributed by atoms with van der Waals surface area (Å²) in [6, 6.07) is 4.60. The molecule has 1 amide bonds. The monoisotopic (exact) mass is 300 g/mol. The number of aryl methyl sites for hydroxylation is 1. The molecule has 1 fully saturated rings. The summed E-state index contributed by atoms with van der Waals surface area (Å²) in [5, 5.41) is 6.36. The van der Waals surface area contributed by atoms with Crippen LogP contribution in [0.25, 0.3) is 0 Å². The van der Waals surface area contributed by atoms with Crippen molar-refractivity contribution in [1.82, 2.24) is 10.6 Å². The first-order valence-corrected chi connectivity index (χ1v) is 6.85. The van der Waals surface area contributed by atoms with Crippen molar-refractivity contribution >= 4 is 18.3 Å². The molecule has 0 radical (unpaired) electrons. The van der Waals surface area contributed by atoms with E-state index in [2.05, 4.69) is 10.6 Å². The van der Waals surface area contributed by atoms with Crippen LogP contribution in [0.1, 0.15) is 35.7 Å². The van der Waals surface area contributed by atoms with Gasteiger partial charge in [-0.15, -0.1) is 12.4 Å². The van der Waals surface area contributed by atoms with Gasteiger partial charge in [0.1, 0.15) is 5.82 Å². The molecule has 5 heteroatoms. The minimum absolute atomic E-state index is 0. The number of nitrogens with one attached hydrogen (secondary N) is 2. The van der Waals surface area contributed by atoms with Crippen LogP contribution in [0.3, 0.4) is 0 Å². The van der Waals surface area contributed by atoms with E-state index in [1.54, 1.807) is 13.0 Å². The number of piperidine rings is 1. The van der Waals surface area contributed by atoms with Crippen LogP contribution in [0.2, 0.25) is 0 Å². The van der Waals surface area contributed by atoms with Crippen LogP contribution in [-0.2, 0) is 0 Å². The molecule has 112 valence electrons. The van der Waals surface area contributed by atoms with Gasteiger partial charge in [-0.1, -0.05) is 0 Å². The van der Waals surface area contributed by atoms with Crippen molar-refractivity contribution < 1.29 is 9.18 Å². The Hall–Kier alpha value is -1.13. The van der Waals surface area contributed by atoms with Gasteiger partial charge in [-0.25, -0.2) is 4.39 Å². The Morgan fingerprint density at radius 3 is 2.85 bits per heavy atom. The fourth-order valence-electron chi connectivity index (χ4n) is 2.50. The molecule has 1 aliphatic heterocycles. The fourth-order valence-corrected chi connectivity index (χ4v) is 2.50. The zero-order valence-electron chi connectivity index (χ0n) is 11.9. The number of rotatable bonds is 3. The summed E-state index contributed by atoms with van der Waals surface area (Å²) in [6.07, 6.45) is 2.29. The summed E-state index contributed by atoms with van der Waals surface area (Å²) in [5.74, 6) is 0.0708. The van der Waals surface area contributed by atoms with Crippen LogP contribution in [0.15, 0.2) is 18.2 Å². The summed E-state index contributed by atoms with van der Waals surface area (Å²) >= 11 is 0. The molecule has 0 saturated carbocycles. The molecule has 1 aromatic carbocycles. The lowest BCUT2D eigenvalue weighted by Gasteiger charge is -2.29. The van der Waals surface area contributed by atoms with Gasteiger partial charge in [0.25, 0.3) is 5.91 Å². The highest BCUT2D eigenvalue weighted by atomic mass is 35.5. The molecule has 0 aliphatic carbocycles. The summed E-state index contributed by atoms with van der Waals surface area (Å²) in [6.45, 7) is 5.71. The van der Waals surface area contributed by atoms with Crippen molar-refractivity contribution in [3.63, 3.8) is 0 Å². The number of hydrogen-bond acceptors (Lipinski definition) is 2. The van der Waals surface area contributed by atoms with Crippen molar-refractivity contribution in [2.24, 2.45) is 5.92 Å². The first kappa shape index (κ1) is 16.9. The number of benzene rings is 1. The molecule has 0 spiro atoms. The van der Waals surface area contributed by atoms with Crippen LogP contribution in [0, 0.1) is 18.7 Å². The molecule has 2 rings (SSSR count). The fraction of sp³-hybridized carbons (Fsp3) is 0.533. The Labute approximate surface area is 125 Å². The predicted octanol–water partition coefficient (Wildman–Crippen LogP) is 2.67. The van der Waals surface area contributed by atoms with Gasteiger partial charge in [0.05, 0.1) is 0 Å². The van der Waals surface area contributed by atoms with Gasteiger partial charge in [0.2, 0.25) is 0 Å². The number of amides is 1. The molecular formula is C15H22ClFN2O. The van der Waals surface area contributed by atoms with E-state index in [-0.39, 0.29) is 30.2 Å². The zero-order chi connectivity index (χ0) is 13.8. The average molecular weight is 301 g/mol. The van der Waals surface area contributed by atoms with E-state index in [1.165, 1.54) is 12.1 Å². The van der Waals surface area contributed by atoms with Crippen molar-refractivity contribution in [2.45, 2.75) is 32.7 Å². The van der Waals surface area contributed by atoms with E-state index in [1.807, 2.05) is 6.92 Å². The van der Waals surface area contributed by atoms with Gasteiger partial charge >= 0.3 is 0 Å². The highest BCUT2D eigenvalue weighted by Gasteiger charge is 2.21. The molecular weight excluding hydrogens is 279 g/mol. The van der Waals surface area contributed by atoms with E-state index >= 15 is 0 Å². The molecule has 1 aliphatic rings. The van der Waals surface area contributed by atoms with E-state index in [9.17, 15) is 9.18 Å².